The first-order valence-electron chi connectivity index (χ1n) is 6.00. The molecule has 0 radical (unpaired) electrons. The van der Waals surface area contributed by atoms with Gasteiger partial charge in [-0.05, 0) is 26.0 Å². The maximum absolute atomic E-state index is 12.5. The molecule has 0 amide bonds. The maximum Gasteiger partial charge on any atom is 0.401 e. The number of halogens is 3. The summed E-state index contributed by atoms with van der Waals surface area (Å²) in [4.78, 5) is 1.49. The van der Waals surface area contributed by atoms with Gasteiger partial charge < -0.3 is 9.73 Å². The first-order chi connectivity index (χ1) is 8.49. The molecule has 1 aromatic heterocycles. The summed E-state index contributed by atoms with van der Waals surface area (Å²) < 4.78 is 42.7. The third-order valence-electron chi connectivity index (χ3n) is 2.99. The smallest absolute Gasteiger partial charge is 0.401 e. The highest BCUT2D eigenvalue weighted by Crippen LogP contribution is 2.32. The molecule has 0 spiro atoms. The number of nitrogens with one attached hydrogen (secondary N) is 1. The molecule has 0 aromatic carbocycles. The first-order valence-corrected chi connectivity index (χ1v) is 6.00. The number of nitrogens with zero attached hydrogens (tertiary/aromatic N) is 1. The number of rotatable bonds is 6. The van der Waals surface area contributed by atoms with Gasteiger partial charge in [0, 0.05) is 18.2 Å². The Kier molecular flexibility index (Phi) is 3.97. The SMILES string of the molecule is CNCc1occc1CN(CC(F)(F)F)C1CC1. The van der Waals surface area contributed by atoms with Crippen LogP contribution in [-0.4, -0.2) is 30.7 Å². The monoisotopic (exact) mass is 262 g/mol. The van der Waals surface area contributed by atoms with Crippen molar-refractivity contribution in [3.05, 3.63) is 23.7 Å². The Hall–Kier alpha value is -1.01. The lowest BCUT2D eigenvalue weighted by Crippen LogP contribution is -2.35. The predicted molar refractivity (Wildman–Crippen MR) is 61.0 cm³/mol. The van der Waals surface area contributed by atoms with Gasteiger partial charge in [0.05, 0.1) is 19.4 Å². The second-order valence-electron chi connectivity index (χ2n) is 4.65. The van der Waals surface area contributed by atoms with Gasteiger partial charge in [0.25, 0.3) is 0 Å². The maximum atomic E-state index is 12.5. The second-order valence-corrected chi connectivity index (χ2v) is 4.65. The molecule has 0 aliphatic heterocycles. The Balaban J connectivity index is 2.01. The van der Waals surface area contributed by atoms with Crippen LogP contribution in [0.3, 0.4) is 0 Å². The van der Waals surface area contributed by atoms with Crippen LogP contribution in [0, 0.1) is 0 Å². The highest BCUT2D eigenvalue weighted by molar-refractivity contribution is 5.17. The first kappa shape index (κ1) is 13.4. The summed E-state index contributed by atoms with van der Waals surface area (Å²) in [7, 11) is 1.78. The molecule has 1 N–H and O–H groups in total. The van der Waals surface area contributed by atoms with E-state index in [2.05, 4.69) is 5.32 Å². The van der Waals surface area contributed by atoms with E-state index in [0.29, 0.717) is 18.8 Å². The third kappa shape index (κ3) is 3.74. The Morgan fingerprint density at radius 1 is 1.44 bits per heavy atom. The van der Waals surface area contributed by atoms with Crippen LogP contribution in [0.4, 0.5) is 13.2 Å². The van der Waals surface area contributed by atoms with Crippen LogP contribution >= 0.6 is 0 Å². The minimum atomic E-state index is -4.14. The van der Waals surface area contributed by atoms with Crippen molar-refractivity contribution >= 4 is 0 Å². The summed E-state index contributed by atoms with van der Waals surface area (Å²) >= 11 is 0. The summed E-state index contributed by atoms with van der Waals surface area (Å²) in [5.74, 6) is 0.713. The van der Waals surface area contributed by atoms with E-state index in [1.165, 1.54) is 11.2 Å². The molecule has 1 fully saturated rings. The quantitative estimate of drug-likeness (QED) is 0.854. The van der Waals surface area contributed by atoms with E-state index in [9.17, 15) is 13.2 Å². The van der Waals surface area contributed by atoms with Crippen LogP contribution in [0.15, 0.2) is 16.7 Å². The van der Waals surface area contributed by atoms with Crippen molar-refractivity contribution < 1.29 is 17.6 Å². The average molecular weight is 262 g/mol. The van der Waals surface area contributed by atoms with Gasteiger partial charge in [0.15, 0.2) is 0 Å². The fourth-order valence-corrected chi connectivity index (χ4v) is 2.03. The van der Waals surface area contributed by atoms with Crippen LogP contribution in [0.1, 0.15) is 24.2 Å². The minimum Gasteiger partial charge on any atom is -0.468 e. The van der Waals surface area contributed by atoms with Gasteiger partial charge in [-0.2, -0.15) is 13.2 Å². The van der Waals surface area contributed by atoms with Crippen molar-refractivity contribution in [1.82, 2.24) is 10.2 Å². The Morgan fingerprint density at radius 2 is 2.17 bits per heavy atom. The van der Waals surface area contributed by atoms with Crippen molar-refractivity contribution in [3.8, 4) is 0 Å². The zero-order valence-corrected chi connectivity index (χ0v) is 10.3. The van der Waals surface area contributed by atoms with Crippen molar-refractivity contribution in [2.45, 2.75) is 38.1 Å². The molecule has 1 aromatic rings. The Labute approximate surface area is 104 Å². The van der Waals surface area contributed by atoms with Gasteiger partial charge >= 0.3 is 6.18 Å². The second kappa shape index (κ2) is 5.32. The van der Waals surface area contributed by atoms with Gasteiger partial charge in [0.2, 0.25) is 0 Å². The molecule has 0 unspecified atom stereocenters. The van der Waals surface area contributed by atoms with Crippen LogP contribution in [0.5, 0.6) is 0 Å². The largest absolute Gasteiger partial charge is 0.468 e. The molecule has 3 nitrogen and oxygen atoms in total. The van der Waals surface area contributed by atoms with E-state index in [-0.39, 0.29) is 6.04 Å². The van der Waals surface area contributed by atoms with Crippen LogP contribution in [0.2, 0.25) is 0 Å². The summed E-state index contributed by atoms with van der Waals surface area (Å²) in [6, 6.07) is 1.82. The highest BCUT2D eigenvalue weighted by Gasteiger charge is 2.38. The Bertz CT molecular complexity index is 385. The van der Waals surface area contributed by atoms with E-state index < -0.39 is 12.7 Å². The molecule has 0 atom stereocenters. The fraction of sp³-hybridized carbons (Fsp3) is 0.667. The summed E-state index contributed by atoms with van der Waals surface area (Å²) in [6.45, 7) is -0.00755. The van der Waals surface area contributed by atoms with E-state index in [1.54, 1.807) is 13.1 Å². The molecule has 1 heterocycles. The zero-order chi connectivity index (χ0) is 13.2. The number of hydrogen-bond acceptors (Lipinski definition) is 3. The van der Waals surface area contributed by atoms with E-state index in [4.69, 9.17) is 4.42 Å². The third-order valence-corrected chi connectivity index (χ3v) is 2.99. The predicted octanol–water partition coefficient (Wildman–Crippen LogP) is 2.53. The average Bonchev–Trinajstić information content (AvgIpc) is 3.01. The van der Waals surface area contributed by atoms with Crippen molar-refractivity contribution in [1.29, 1.82) is 0 Å². The zero-order valence-electron chi connectivity index (χ0n) is 10.3. The van der Waals surface area contributed by atoms with Gasteiger partial charge in [-0.25, -0.2) is 0 Å². The van der Waals surface area contributed by atoms with E-state index >= 15 is 0 Å². The van der Waals surface area contributed by atoms with Crippen LogP contribution < -0.4 is 5.32 Å². The van der Waals surface area contributed by atoms with Crippen LogP contribution in [-0.2, 0) is 13.1 Å². The fourth-order valence-electron chi connectivity index (χ4n) is 2.03. The summed E-state index contributed by atoms with van der Waals surface area (Å²) in [5, 5.41) is 2.94. The van der Waals surface area contributed by atoms with Gasteiger partial charge in [-0.3, -0.25) is 4.90 Å². The lowest BCUT2D eigenvalue weighted by atomic mass is 10.2. The lowest BCUT2D eigenvalue weighted by Gasteiger charge is -2.23. The molecule has 1 aliphatic carbocycles. The molecule has 6 heteroatoms. The van der Waals surface area contributed by atoms with Gasteiger partial charge in [0.1, 0.15) is 5.76 Å². The molecule has 0 saturated heterocycles. The summed E-state index contributed by atoms with van der Waals surface area (Å²) in [5.41, 5.74) is 0.834. The molecule has 1 saturated carbocycles. The highest BCUT2D eigenvalue weighted by atomic mass is 19.4. The molecule has 0 bridgehead atoms. The minimum absolute atomic E-state index is 0.0731. The molecule has 1 aliphatic rings. The normalized spacial score (nSPS) is 16.5. The molecule has 2 rings (SSSR count). The van der Waals surface area contributed by atoms with Crippen molar-refractivity contribution in [2.75, 3.05) is 13.6 Å². The Morgan fingerprint density at radius 3 is 2.72 bits per heavy atom. The number of hydrogen-bond donors (Lipinski definition) is 1. The van der Waals surface area contributed by atoms with Gasteiger partial charge in [-0.15, -0.1) is 0 Å². The number of furan rings is 1. The van der Waals surface area contributed by atoms with Gasteiger partial charge in [-0.1, -0.05) is 0 Å². The number of alkyl halides is 3. The van der Waals surface area contributed by atoms with Crippen molar-refractivity contribution in [3.63, 3.8) is 0 Å². The summed E-state index contributed by atoms with van der Waals surface area (Å²) in [6.07, 6.45) is -0.902. The molecular weight excluding hydrogens is 245 g/mol. The molecular formula is C12H17F3N2O. The van der Waals surface area contributed by atoms with E-state index in [0.717, 1.165) is 18.4 Å². The van der Waals surface area contributed by atoms with Crippen LogP contribution in [0.25, 0.3) is 0 Å². The topological polar surface area (TPSA) is 28.4 Å². The van der Waals surface area contributed by atoms with E-state index in [1.807, 2.05) is 0 Å². The molecule has 102 valence electrons. The molecule has 18 heavy (non-hydrogen) atoms. The lowest BCUT2D eigenvalue weighted by molar-refractivity contribution is -0.148. The van der Waals surface area contributed by atoms with Crippen molar-refractivity contribution in [2.24, 2.45) is 0 Å². The standard InChI is InChI=1S/C12H17F3N2O/c1-16-6-11-9(4-5-18-11)7-17(10-2-3-10)8-12(13,14)15/h4-5,10,16H,2-3,6-8H2,1H3.